The molecule has 0 fully saturated rings. The van der Waals surface area contributed by atoms with Crippen LogP contribution in [0.4, 0.5) is 5.69 Å². The number of pyridine rings is 1. The van der Waals surface area contributed by atoms with Crippen LogP contribution in [-0.4, -0.2) is 14.5 Å². The molecule has 0 bridgehead atoms. The van der Waals surface area contributed by atoms with Crippen LogP contribution in [-0.2, 0) is 6.54 Å². The van der Waals surface area contributed by atoms with Crippen molar-refractivity contribution in [3.8, 4) is 11.4 Å². The number of aryl methyl sites for hydroxylation is 1. The highest BCUT2D eigenvalue weighted by Gasteiger charge is 2.19. The van der Waals surface area contributed by atoms with Gasteiger partial charge in [-0.05, 0) is 30.7 Å². The number of aromatic nitrogens is 3. The third-order valence-electron chi connectivity index (χ3n) is 3.32. The molecule has 0 atom stereocenters. The van der Waals surface area contributed by atoms with Crippen molar-refractivity contribution in [2.24, 2.45) is 0 Å². The van der Waals surface area contributed by atoms with Crippen LogP contribution in [0.2, 0.25) is 10.0 Å². The molecule has 0 saturated carbocycles. The van der Waals surface area contributed by atoms with Crippen molar-refractivity contribution in [2.75, 3.05) is 5.73 Å². The summed E-state index contributed by atoms with van der Waals surface area (Å²) in [6.45, 7) is 2.88. The molecule has 0 aliphatic rings. The van der Waals surface area contributed by atoms with Gasteiger partial charge in [0.2, 0.25) is 0 Å². The highest BCUT2D eigenvalue weighted by molar-refractivity contribution is 6.37. The molecule has 6 heteroatoms. The van der Waals surface area contributed by atoms with Crippen LogP contribution in [0.5, 0.6) is 0 Å². The van der Waals surface area contributed by atoms with E-state index in [0.717, 1.165) is 24.1 Å². The smallest absolute Gasteiger partial charge is 0.160 e. The summed E-state index contributed by atoms with van der Waals surface area (Å²) in [7, 11) is 0. The molecule has 4 nitrogen and oxygen atoms in total. The van der Waals surface area contributed by atoms with Crippen molar-refractivity contribution in [1.29, 1.82) is 0 Å². The molecule has 21 heavy (non-hydrogen) atoms. The summed E-state index contributed by atoms with van der Waals surface area (Å²) in [5.74, 6) is 0.704. The lowest BCUT2D eigenvalue weighted by Gasteiger charge is -2.11. The fourth-order valence-electron chi connectivity index (χ4n) is 2.38. The summed E-state index contributed by atoms with van der Waals surface area (Å²) in [6, 6.07) is 7.21. The lowest BCUT2D eigenvalue weighted by molar-refractivity contribution is 0.698. The second kappa shape index (κ2) is 5.54. The SMILES string of the molecule is CCCn1c(-c2c(Cl)ccc(Cl)c2N)nc2cccnc21. The molecule has 1 aromatic carbocycles. The number of halogens is 2. The van der Waals surface area contributed by atoms with Crippen LogP contribution < -0.4 is 5.73 Å². The minimum Gasteiger partial charge on any atom is -0.397 e. The highest BCUT2D eigenvalue weighted by Crippen LogP contribution is 2.38. The van der Waals surface area contributed by atoms with Gasteiger partial charge in [0.1, 0.15) is 11.3 Å². The first-order chi connectivity index (χ1) is 10.1. The first-order valence-corrected chi connectivity index (χ1v) is 7.44. The van der Waals surface area contributed by atoms with E-state index in [-0.39, 0.29) is 0 Å². The Kier molecular flexibility index (Phi) is 3.74. The molecule has 0 saturated heterocycles. The average molecular weight is 321 g/mol. The van der Waals surface area contributed by atoms with E-state index < -0.39 is 0 Å². The van der Waals surface area contributed by atoms with E-state index >= 15 is 0 Å². The number of nitrogens with two attached hydrogens (primary N) is 1. The summed E-state index contributed by atoms with van der Waals surface area (Å²) in [6.07, 6.45) is 2.70. The first-order valence-electron chi connectivity index (χ1n) is 6.68. The van der Waals surface area contributed by atoms with E-state index in [2.05, 4.69) is 16.9 Å². The molecule has 0 unspecified atom stereocenters. The van der Waals surface area contributed by atoms with Gasteiger partial charge in [-0.1, -0.05) is 30.1 Å². The number of nitrogen functional groups attached to an aromatic ring is 1. The molecule has 3 rings (SSSR count). The Morgan fingerprint density at radius 3 is 2.71 bits per heavy atom. The van der Waals surface area contributed by atoms with Crippen LogP contribution in [0.15, 0.2) is 30.5 Å². The van der Waals surface area contributed by atoms with Gasteiger partial charge >= 0.3 is 0 Å². The van der Waals surface area contributed by atoms with Crippen molar-refractivity contribution >= 4 is 40.1 Å². The zero-order chi connectivity index (χ0) is 15.0. The van der Waals surface area contributed by atoms with Gasteiger partial charge in [0.05, 0.1) is 21.3 Å². The van der Waals surface area contributed by atoms with Gasteiger partial charge < -0.3 is 10.3 Å². The van der Waals surface area contributed by atoms with E-state index in [1.807, 2.05) is 16.7 Å². The van der Waals surface area contributed by atoms with E-state index in [0.29, 0.717) is 27.1 Å². The zero-order valence-electron chi connectivity index (χ0n) is 11.5. The summed E-state index contributed by atoms with van der Waals surface area (Å²) in [4.78, 5) is 9.05. The van der Waals surface area contributed by atoms with Crippen LogP contribution >= 0.6 is 23.2 Å². The number of anilines is 1. The number of fused-ring (bicyclic) bond motifs is 1. The Morgan fingerprint density at radius 2 is 1.95 bits per heavy atom. The Labute approximate surface area is 132 Å². The molecule has 0 aliphatic carbocycles. The third-order valence-corrected chi connectivity index (χ3v) is 3.96. The van der Waals surface area contributed by atoms with Gasteiger partial charge in [0, 0.05) is 12.7 Å². The second-order valence-electron chi connectivity index (χ2n) is 4.75. The monoisotopic (exact) mass is 320 g/mol. The van der Waals surface area contributed by atoms with Gasteiger partial charge in [-0.15, -0.1) is 0 Å². The summed E-state index contributed by atoms with van der Waals surface area (Å²) >= 11 is 12.5. The van der Waals surface area contributed by atoms with Crippen molar-refractivity contribution in [3.05, 3.63) is 40.5 Å². The fourth-order valence-corrected chi connectivity index (χ4v) is 2.79. The number of rotatable bonds is 3. The van der Waals surface area contributed by atoms with Crippen molar-refractivity contribution < 1.29 is 0 Å². The van der Waals surface area contributed by atoms with Gasteiger partial charge in [-0.25, -0.2) is 9.97 Å². The number of nitrogens with zero attached hydrogens (tertiary/aromatic N) is 3. The second-order valence-corrected chi connectivity index (χ2v) is 5.57. The molecule has 0 spiro atoms. The quantitative estimate of drug-likeness (QED) is 0.728. The molecule has 2 N–H and O–H groups in total. The molecule has 2 aromatic heterocycles. The van der Waals surface area contributed by atoms with Crippen molar-refractivity contribution in [1.82, 2.24) is 14.5 Å². The van der Waals surface area contributed by atoms with Crippen molar-refractivity contribution in [2.45, 2.75) is 19.9 Å². The highest BCUT2D eigenvalue weighted by atomic mass is 35.5. The molecule has 3 aromatic rings. The first kappa shape index (κ1) is 14.2. The number of hydrogen-bond donors (Lipinski definition) is 1. The van der Waals surface area contributed by atoms with E-state index in [1.54, 1.807) is 18.3 Å². The van der Waals surface area contributed by atoms with Gasteiger partial charge in [0.15, 0.2) is 5.65 Å². The van der Waals surface area contributed by atoms with Crippen LogP contribution in [0.3, 0.4) is 0 Å². The maximum atomic E-state index is 6.32. The lowest BCUT2D eigenvalue weighted by Crippen LogP contribution is -2.03. The van der Waals surface area contributed by atoms with Crippen LogP contribution in [0, 0.1) is 0 Å². The molecule has 0 aliphatic heterocycles. The fraction of sp³-hybridized carbons (Fsp3) is 0.200. The summed E-state index contributed by atoms with van der Waals surface area (Å²) in [5, 5.41) is 1.00. The maximum Gasteiger partial charge on any atom is 0.160 e. The van der Waals surface area contributed by atoms with Gasteiger partial charge in [0.25, 0.3) is 0 Å². The molecule has 0 radical (unpaired) electrons. The van der Waals surface area contributed by atoms with Crippen LogP contribution in [0.25, 0.3) is 22.6 Å². The van der Waals surface area contributed by atoms with E-state index in [1.165, 1.54) is 0 Å². The zero-order valence-corrected chi connectivity index (χ0v) is 13.0. The maximum absolute atomic E-state index is 6.32. The Bertz CT molecular complexity index is 811. The number of benzene rings is 1. The molecule has 0 amide bonds. The lowest BCUT2D eigenvalue weighted by atomic mass is 10.1. The number of hydrogen-bond acceptors (Lipinski definition) is 3. The van der Waals surface area contributed by atoms with E-state index in [9.17, 15) is 0 Å². The molecular formula is C15H14Cl2N4. The Morgan fingerprint density at radius 1 is 1.19 bits per heavy atom. The Hall–Kier alpha value is -1.78. The predicted octanol–water partition coefficient (Wildman–Crippen LogP) is 4.40. The van der Waals surface area contributed by atoms with Gasteiger partial charge in [-0.2, -0.15) is 0 Å². The van der Waals surface area contributed by atoms with Crippen LogP contribution in [0.1, 0.15) is 13.3 Å². The molecule has 2 heterocycles. The summed E-state index contributed by atoms with van der Waals surface area (Å²) < 4.78 is 2.03. The largest absolute Gasteiger partial charge is 0.397 e. The van der Waals surface area contributed by atoms with Crippen molar-refractivity contribution in [3.63, 3.8) is 0 Å². The normalized spacial score (nSPS) is 11.2. The topological polar surface area (TPSA) is 56.7 Å². The minimum absolute atomic E-state index is 0.442. The molecular weight excluding hydrogens is 307 g/mol. The summed E-state index contributed by atoms with van der Waals surface area (Å²) in [5.41, 5.74) is 8.86. The van der Waals surface area contributed by atoms with E-state index in [4.69, 9.17) is 28.9 Å². The third kappa shape index (κ3) is 2.34. The van der Waals surface area contributed by atoms with Gasteiger partial charge in [-0.3, -0.25) is 0 Å². The predicted molar refractivity (Wildman–Crippen MR) is 87.7 cm³/mol. The number of imidazole rings is 1. The average Bonchev–Trinajstić information content (AvgIpc) is 2.83. The Balaban J connectivity index is 2.35. The minimum atomic E-state index is 0.442. The standard InChI is InChI=1S/C15H14Cl2N4/c1-2-8-21-14-11(4-3-7-19-14)20-15(21)12-9(16)5-6-10(17)13(12)18/h3-7H,2,8,18H2,1H3. The molecule has 108 valence electrons.